The molecule has 0 radical (unpaired) electrons. The van der Waals surface area contributed by atoms with Crippen LogP contribution in [0.3, 0.4) is 0 Å². The molecular weight excluding hydrogens is 329 g/mol. The van der Waals surface area contributed by atoms with E-state index in [0.717, 1.165) is 35.7 Å². The van der Waals surface area contributed by atoms with Crippen molar-refractivity contribution >= 4 is 15.9 Å². The molecule has 1 atom stereocenters. The molecule has 2 aromatic carbocycles. The summed E-state index contributed by atoms with van der Waals surface area (Å²) in [6, 6.07) is 15.8. The molecular formula is C18H21BrFN. The van der Waals surface area contributed by atoms with E-state index < -0.39 is 0 Å². The highest BCUT2D eigenvalue weighted by Crippen LogP contribution is 2.20. The van der Waals surface area contributed by atoms with Crippen LogP contribution in [-0.4, -0.2) is 13.1 Å². The van der Waals surface area contributed by atoms with Crippen molar-refractivity contribution in [3.63, 3.8) is 0 Å². The highest BCUT2D eigenvalue weighted by molar-refractivity contribution is 9.10. The van der Waals surface area contributed by atoms with Crippen molar-refractivity contribution in [2.45, 2.75) is 31.7 Å². The molecule has 3 heteroatoms. The summed E-state index contributed by atoms with van der Waals surface area (Å²) < 4.78 is 14.3. The van der Waals surface area contributed by atoms with E-state index in [1.165, 1.54) is 11.6 Å². The molecule has 1 N–H and O–H groups in total. The van der Waals surface area contributed by atoms with E-state index >= 15 is 0 Å². The molecule has 0 saturated carbocycles. The van der Waals surface area contributed by atoms with Crippen LogP contribution in [0, 0.1) is 5.82 Å². The summed E-state index contributed by atoms with van der Waals surface area (Å²) in [6.07, 6.45) is 4.13. The number of aryl methyl sites for hydroxylation is 1. The maximum atomic E-state index is 13.3. The van der Waals surface area contributed by atoms with Crippen LogP contribution < -0.4 is 5.32 Å². The SMILES string of the molecule is CNC(CCCc1ccccc1)Cc1cc(F)ccc1Br. The van der Waals surface area contributed by atoms with Gasteiger partial charge < -0.3 is 5.32 Å². The Kier molecular flexibility index (Phi) is 6.40. The lowest BCUT2D eigenvalue weighted by atomic mass is 9.99. The third-order valence-electron chi connectivity index (χ3n) is 3.74. The summed E-state index contributed by atoms with van der Waals surface area (Å²) in [4.78, 5) is 0. The van der Waals surface area contributed by atoms with Crippen molar-refractivity contribution in [1.82, 2.24) is 5.32 Å². The van der Waals surface area contributed by atoms with Crippen LogP contribution in [0.2, 0.25) is 0 Å². The van der Waals surface area contributed by atoms with Gasteiger partial charge >= 0.3 is 0 Å². The molecule has 0 spiro atoms. The molecule has 0 aromatic heterocycles. The molecule has 0 aliphatic rings. The Morgan fingerprint density at radius 2 is 1.90 bits per heavy atom. The molecule has 112 valence electrons. The second-order valence-corrected chi connectivity index (χ2v) is 6.16. The molecule has 21 heavy (non-hydrogen) atoms. The van der Waals surface area contributed by atoms with E-state index in [1.54, 1.807) is 12.1 Å². The molecule has 0 bridgehead atoms. The zero-order valence-corrected chi connectivity index (χ0v) is 13.9. The van der Waals surface area contributed by atoms with Gasteiger partial charge in [0.2, 0.25) is 0 Å². The van der Waals surface area contributed by atoms with Crippen LogP contribution in [0.4, 0.5) is 4.39 Å². The van der Waals surface area contributed by atoms with Crippen LogP contribution >= 0.6 is 15.9 Å². The lowest BCUT2D eigenvalue weighted by Crippen LogP contribution is -2.27. The lowest BCUT2D eigenvalue weighted by Gasteiger charge is -2.17. The highest BCUT2D eigenvalue weighted by Gasteiger charge is 2.10. The largest absolute Gasteiger partial charge is 0.317 e. The maximum absolute atomic E-state index is 13.3. The van der Waals surface area contributed by atoms with Crippen molar-refractivity contribution in [2.24, 2.45) is 0 Å². The minimum Gasteiger partial charge on any atom is -0.317 e. The maximum Gasteiger partial charge on any atom is 0.123 e. The zero-order valence-electron chi connectivity index (χ0n) is 12.3. The molecule has 0 amide bonds. The van der Waals surface area contributed by atoms with Crippen molar-refractivity contribution in [1.29, 1.82) is 0 Å². The summed E-state index contributed by atoms with van der Waals surface area (Å²) in [7, 11) is 1.97. The topological polar surface area (TPSA) is 12.0 Å². The number of rotatable bonds is 7. The third kappa shape index (κ3) is 5.25. The fraction of sp³-hybridized carbons (Fsp3) is 0.333. The first-order valence-electron chi connectivity index (χ1n) is 7.34. The van der Waals surface area contributed by atoms with Gasteiger partial charge in [-0.05, 0) is 62.1 Å². The van der Waals surface area contributed by atoms with Gasteiger partial charge in [0, 0.05) is 10.5 Å². The zero-order chi connectivity index (χ0) is 15.1. The Morgan fingerprint density at radius 1 is 1.14 bits per heavy atom. The van der Waals surface area contributed by atoms with Gasteiger partial charge in [-0.15, -0.1) is 0 Å². The second kappa shape index (κ2) is 8.30. The Morgan fingerprint density at radius 3 is 2.62 bits per heavy atom. The molecule has 1 nitrogen and oxygen atoms in total. The van der Waals surface area contributed by atoms with E-state index in [2.05, 4.69) is 45.5 Å². The minimum atomic E-state index is -0.174. The van der Waals surface area contributed by atoms with E-state index in [1.807, 2.05) is 13.1 Å². The smallest absolute Gasteiger partial charge is 0.123 e. The molecule has 0 heterocycles. The van der Waals surface area contributed by atoms with Crippen molar-refractivity contribution in [2.75, 3.05) is 7.05 Å². The molecule has 0 aliphatic carbocycles. The first-order chi connectivity index (χ1) is 10.2. The predicted molar refractivity (Wildman–Crippen MR) is 90.0 cm³/mol. The van der Waals surface area contributed by atoms with Gasteiger partial charge in [0.05, 0.1) is 0 Å². The van der Waals surface area contributed by atoms with Gasteiger partial charge in [0.1, 0.15) is 5.82 Å². The molecule has 2 rings (SSSR count). The summed E-state index contributed by atoms with van der Waals surface area (Å²) in [5, 5.41) is 3.34. The van der Waals surface area contributed by atoms with Gasteiger partial charge in [-0.2, -0.15) is 0 Å². The minimum absolute atomic E-state index is 0.174. The quantitative estimate of drug-likeness (QED) is 0.760. The van der Waals surface area contributed by atoms with Crippen LogP contribution in [0.1, 0.15) is 24.0 Å². The average Bonchev–Trinajstić information content (AvgIpc) is 2.51. The number of likely N-dealkylation sites (N-methyl/N-ethyl adjacent to an activating group) is 1. The van der Waals surface area contributed by atoms with Crippen LogP contribution in [0.5, 0.6) is 0 Å². The van der Waals surface area contributed by atoms with E-state index in [0.29, 0.717) is 6.04 Å². The summed E-state index contributed by atoms with van der Waals surface area (Å²) in [5.74, 6) is -0.174. The summed E-state index contributed by atoms with van der Waals surface area (Å²) in [6.45, 7) is 0. The average molecular weight is 350 g/mol. The van der Waals surface area contributed by atoms with E-state index in [9.17, 15) is 4.39 Å². The standard InChI is InChI=1S/C18H21BrFN/c1-21-17(9-5-8-14-6-3-2-4-7-14)13-15-12-16(20)10-11-18(15)19/h2-4,6-7,10-12,17,21H,5,8-9,13H2,1H3. The van der Waals surface area contributed by atoms with Crippen LogP contribution in [0.25, 0.3) is 0 Å². The molecule has 2 aromatic rings. The van der Waals surface area contributed by atoms with Gasteiger partial charge in [0.25, 0.3) is 0 Å². The number of hydrogen-bond donors (Lipinski definition) is 1. The van der Waals surface area contributed by atoms with Gasteiger partial charge in [-0.25, -0.2) is 4.39 Å². The predicted octanol–water partition coefficient (Wildman–Crippen LogP) is 4.74. The monoisotopic (exact) mass is 349 g/mol. The number of halogens is 2. The molecule has 1 unspecified atom stereocenters. The molecule has 0 fully saturated rings. The molecule has 0 aliphatic heterocycles. The van der Waals surface area contributed by atoms with Crippen molar-refractivity contribution < 1.29 is 4.39 Å². The third-order valence-corrected chi connectivity index (χ3v) is 4.52. The second-order valence-electron chi connectivity index (χ2n) is 5.30. The van der Waals surface area contributed by atoms with E-state index in [4.69, 9.17) is 0 Å². The van der Waals surface area contributed by atoms with Gasteiger partial charge in [0.15, 0.2) is 0 Å². The summed E-state index contributed by atoms with van der Waals surface area (Å²) in [5.41, 5.74) is 2.40. The first kappa shape index (κ1) is 16.2. The number of benzene rings is 2. The Labute approximate surface area is 134 Å². The fourth-order valence-corrected chi connectivity index (χ4v) is 2.92. The fourth-order valence-electron chi connectivity index (χ4n) is 2.51. The summed E-state index contributed by atoms with van der Waals surface area (Å²) >= 11 is 3.50. The first-order valence-corrected chi connectivity index (χ1v) is 8.13. The van der Waals surface area contributed by atoms with Gasteiger partial charge in [-0.3, -0.25) is 0 Å². The number of hydrogen-bond acceptors (Lipinski definition) is 1. The number of nitrogens with one attached hydrogen (secondary N) is 1. The van der Waals surface area contributed by atoms with Crippen LogP contribution in [0.15, 0.2) is 53.0 Å². The Bertz CT molecular complexity index is 556. The lowest BCUT2D eigenvalue weighted by molar-refractivity contribution is 0.500. The van der Waals surface area contributed by atoms with Crippen molar-refractivity contribution in [3.8, 4) is 0 Å². The van der Waals surface area contributed by atoms with E-state index in [-0.39, 0.29) is 5.82 Å². The normalized spacial score (nSPS) is 12.3. The Hall–Kier alpha value is -1.19. The highest BCUT2D eigenvalue weighted by atomic mass is 79.9. The van der Waals surface area contributed by atoms with Gasteiger partial charge in [-0.1, -0.05) is 46.3 Å². The molecule has 0 saturated heterocycles. The van der Waals surface area contributed by atoms with Crippen LogP contribution in [-0.2, 0) is 12.8 Å². The van der Waals surface area contributed by atoms with Crippen molar-refractivity contribution in [3.05, 3.63) is 69.9 Å². The Balaban J connectivity index is 1.87.